The molecule has 1 aromatic carbocycles. The Morgan fingerprint density at radius 1 is 1.40 bits per heavy atom. The lowest BCUT2D eigenvalue weighted by Crippen LogP contribution is -2.27. The lowest BCUT2D eigenvalue weighted by Gasteiger charge is -2.14. The quantitative estimate of drug-likeness (QED) is 0.524. The molecule has 84 valence electrons. The van der Waals surface area contributed by atoms with Gasteiger partial charge in [-0.2, -0.15) is 0 Å². The summed E-state index contributed by atoms with van der Waals surface area (Å²) in [5.74, 6) is 0. The molecule has 6 heteroatoms. The van der Waals surface area contributed by atoms with E-state index in [0.717, 1.165) is 5.56 Å². The Labute approximate surface area is 88.3 Å². The van der Waals surface area contributed by atoms with Crippen LogP contribution in [-0.4, -0.2) is 16.0 Å². The highest BCUT2D eigenvalue weighted by Gasteiger charge is 2.17. The highest BCUT2D eigenvalue weighted by Crippen LogP contribution is 2.36. The second-order valence-corrected chi connectivity index (χ2v) is 4.30. The first-order chi connectivity index (χ1) is 6.97. The summed E-state index contributed by atoms with van der Waals surface area (Å²) in [6.07, 6.45) is -0.689. The molecule has 0 bridgehead atoms. The van der Waals surface area contributed by atoms with E-state index in [1.165, 1.54) is 0 Å². The Morgan fingerprint density at radius 2 is 2.00 bits per heavy atom. The SMILES string of the molecule is CC(NCc1ccccc1)OP(=O)(O)O. The number of nitrogens with one attached hydrogen (secondary N) is 1. The van der Waals surface area contributed by atoms with Gasteiger partial charge in [0.25, 0.3) is 0 Å². The second-order valence-electron chi connectivity index (χ2n) is 3.10. The van der Waals surface area contributed by atoms with Crippen LogP contribution in [0.3, 0.4) is 0 Å². The normalized spacial score (nSPS) is 13.8. The molecule has 0 aromatic heterocycles. The first-order valence-corrected chi connectivity index (χ1v) is 6.01. The van der Waals surface area contributed by atoms with Crippen molar-refractivity contribution in [3.8, 4) is 0 Å². The molecule has 0 aliphatic rings. The van der Waals surface area contributed by atoms with Gasteiger partial charge in [0.05, 0.1) is 0 Å². The molecule has 5 nitrogen and oxygen atoms in total. The molecule has 0 amide bonds. The van der Waals surface area contributed by atoms with E-state index in [1.54, 1.807) is 6.92 Å². The molecule has 1 aromatic rings. The molecule has 0 radical (unpaired) electrons. The summed E-state index contributed by atoms with van der Waals surface area (Å²) >= 11 is 0. The first kappa shape index (κ1) is 12.4. The fourth-order valence-corrected chi connectivity index (χ4v) is 1.59. The topological polar surface area (TPSA) is 78.8 Å². The van der Waals surface area contributed by atoms with E-state index in [-0.39, 0.29) is 0 Å². The van der Waals surface area contributed by atoms with Gasteiger partial charge in [-0.3, -0.25) is 9.84 Å². The smallest absolute Gasteiger partial charge is 0.303 e. The molecule has 0 aliphatic heterocycles. The number of phosphoric ester groups is 1. The van der Waals surface area contributed by atoms with Crippen molar-refractivity contribution in [2.45, 2.75) is 19.7 Å². The van der Waals surface area contributed by atoms with Gasteiger partial charge in [-0.25, -0.2) is 4.57 Å². The van der Waals surface area contributed by atoms with Gasteiger partial charge in [0.1, 0.15) is 6.23 Å². The summed E-state index contributed by atoms with van der Waals surface area (Å²) in [6, 6.07) is 9.52. The van der Waals surface area contributed by atoms with Crippen LogP contribution in [0.5, 0.6) is 0 Å². The van der Waals surface area contributed by atoms with Gasteiger partial charge in [0.2, 0.25) is 0 Å². The van der Waals surface area contributed by atoms with Gasteiger partial charge in [-0.1, -0.05) is 30.3 Å². The monoisotopic (exact) mass is 231 g/mol. The average molecular weight is 231 g/mol. The summed E-state index contributed by atoms with van der Waals surface area (Å²) in [5.41, 5.74) is 1.03. The largest absolute Gasteiger partial charge is 0.471 e. The Kier molecular flexibility index (Phi) is 4.45. The van der Waals surface area contributed by atoms with Crippen LogP contribution in [0.15, 0.2) is 30.3 Å². The van der Waals surface area contributed by atoms with E-state index in [0.29, 0.717) is 6.54 Å². The minimum atomic E-state index is -4.41. The van der Waals surface area contributed by atoms with Crippen molar-refractivity contribution in [1.82, 2.24) is 5.32 Å². The number of phosphoric acid groups is 1. The van der Waals surface area contributed by atoms with Crippen LogP contribution in [0.2, 0.25) is 0 Å². The first-order valence-electron chi connectivity index (χ1n) is 4.48. The molecule has 0 fully saturated rings. The van der Waals surface area contributed by atoms with Crippen LogP contribution < -0.4 is 5.32 Å². The van der Waals surface area contributed by atoms with Crippen LogP contribution in [0.25, 0.3) is 0 Å². The van der Waals surface area contributed by atoms with Crippen LogP contribution in [0, 0.1) is 0 Å². The second kappa shape index (κ2) is 5.39. The summed E-state index contributed by atoms with van der Waals surface area (Å²) in [5, 5.41) is 2.84. The molecule has 0 saturated heterocycles. The van der Waals surface area contributed by atoms with E-state index in [4.69, 9.17) is 9.79 Å². The lowest BCUT2D eigenvalue weighted by atomic mass is 10.2. The van der Waals surface area contributed by atoms with Gasteiger partial charge < -0.3 is 9.79 Å². The molecule has 0 aliphatic carbocycles. The summed E-state index contributed by atoms with van der Waals surface area (Å²) in [7, 11) is -4.41. The van der Waals surface area contributed by atoms with Gasteiger partial charge in [0.15, 0.2) is 0 Å². The average Bonchev–Trinajstić information content (AvgIpc) is 2.14. The highest BCUT2D eigenvalue weighted by atomic mass is 31.2. The third-order valence-electron chi connectivity index (χ3n) is 1.73. The zero-order chi connectivity index (χ0) is 11.3. The summed E-state index contributed by atoms with van der Waals surface area (Å²) < 4.78 is 14.9. The van der Waals surface area contributed by atoms with Crippen molar-refractivity contribution >= 4 is 7.82 Å². The Morgan fingerprint density at radius 3 is 2.53 bits per heavy atom. The molecular formula is C9H14NO4P. The van der Waals surface area contributed by atoms with Crippen LogP contribution in [0.1, 0.15) is 12.5 Å². The minimum Gasteiger partial charge on any atom is -0.303 e. The fraction of sp³-hybridized carbons (Fsp3) is 0.333. The zero-order valence-electron chi connectivity index (χ0n) is 8.33. The van der Waals surface area contributed by atoms with E-state index < -0.39 is 14.1 Å². The van der Waals surface area contributed by atoms with Crippen LogP contribution >= 0.6 is 7.82 Å². The predicted octanol–water partition coefficient (Wildman–Crippen LogP) is 1.23. The maximum Gasteiger partial charge on any atom is 0.471 e. The Balaban J connectivity index is 2.35. The maximum atomic E-state index is 10.5. The maximum absolute atomic E-state index is 10.5. The zero-order valence-corrected chi connectivity index (χ0v) is 9.22. The molecule has 0 heterocycles. The Hall–Kier alpha value is -0.710. The number of hydrogen-bond donors (Lipinski definition) is 3. The van der Waals surface area contributed by atoms with E-state index in [2.05, 4.69) is 9.84 Å². The number of rotatable bonds is 5. The summed E-state index contributed by atoms with van der Waals surface area (Å²) in [6.45, 7) is 2.05. The third-order valence-corrected chi connectivity index (χ3v) is 2.32. The van der Waals surface area contributed by atoms with Gasteiger partial charge in [0, 0.05) is 6.54 Å². The minimum absolute atomic E-state index is 0.502. The third kappa shape index (κ3) is 5.67. The van der Waals surface area contributed by atoms with Crippen LogP contribution in [-0.2, 0) is 15.6 Å². The fourth-order valence-electron chi connectivity index (χ4n) is 1.10. The number of hydrogen-bond acceptors (Lipinski definition) is 3. The number of benzene rings is 1. The van der Waals surface area contributed by atoms with Crippen molar-refractivity contribution in [1.29, 1.82) is 0 Å². The van der Waals surface area contributed by atoms with E-state index in [9.17, 15) is 4.57 Å². The molecule has 1 rings (SSSR count). The van der Waals surface area contributed by atoms with Crippen molar-refractivity contribution in [2.75, 3.05) is 0 Å². The van der Waals surface area contributed by atoms with E-state index in [1.807, 2.05) is 30.3 Å². The van der Waals surface area contributed by atoms with Gasteiger partial charge in [-0.15, -0.1) is 0 Å². The van der Waals surface area contributed by atoms with Crippen LogP contribution in [0.4, 0.5) is 0 Å². The van der Waals surface area contributed by atoms with Gasteiger partial charge >= 0.3 is 7.82 Å². The van der Waals surface area contributed by atoms with Crippen molar-refractivity contribution in [3.05, 3.63) is 35.9 Å². The van der Waals surface area contributed by atoms with E-state index >= 15 is 0 Å². The lowest BCUT2D eigenvalue weighted by molar-refractivity contribution is 0.120. The standard InChI is InChI=1S/C9H14NO4P/c1-8(14-15(11,12)13)10-7-9-5-3-2-4-6-9/h2-6,8,10H,7H2,1H3,(H2,11,12,13). The molecule has 3 N–H and O–H groups in total. The molecule has 1 atom stereocenters. The van der Waals surface area contributed by atoms with Crippen molar-refractivity contribution < 1.29 is 18.9 Å². The predicted molar refractivity (Wildman–Crippen MR) is 55.9 cm³/mol. The molecule has 0 saturated carbocycles. The molecule has 15 heavy (non-hydrogen) atoms. The highest BCUT2D eigenvalue weighted by molar-refractivity contribution is 7.46. The molecule has 1 unspecified atom stereocenters. The molecular weight excluding hydrogens is 217 g/mol. The van der Waals surface area contributed by atoms with Crippen molar-refractivity contribution in [3.63, 3.8) is 0 Å². The van der Waals surface area contributed by atoms with Crippen molar-refractivity contribution in [2.24, 2.45) is 0 Å². The summed E-state index contributed by atoms with van der Waals surface area (Å²) in [4.78, 5) is 17.1. The molecule has 0 spiro atoms. The Bertz CT molecular complexity index is 337. The van der Waals surface area contributed by atoms with Gasteiger partial charge in [-0.05, 0) is 12.5 Å².